The number of amides is 1. The van der Waals surface area contributed by atoms with Crippen LogP contribution in [-0.4, -0.2) is 32.4 Å². The van der Waals surface area contributed by atoms with E-state index >= 15 is 0 Å². The molecule has 0 aliphatic carbocycles. The van der Waals surface area contributed by atoms with Crippen molar-refractivity contribution < 1.29 is 23.7 Å². The number of nitrogens with zero attached hydrogens (tertiary/aromatic N) is 1. The fourth-order valence-electron chi connectivity index (χ4n) is 2.77. The quantitative estimate of drug-likeness (QED) is 0.321. The SMILES string of the molecule is CCOc1cc(/C=N\NC(=O)COc2ccc(OC)cc2)ccc1OCc1ccc(Cl)cc1. The van der Waals surface area contributed by atoms with Gasteiger partial charge in [0.05, 0.1) is 19.9 Å². The van der Waals surface area contributed by atoms with Crippen molar-refractivity contribution in [1.29, 1.82) is 0 Å². The predicted octanol–water partition coefficient (Wildman–Crippen LogP) is 4.86. The summed E-state index contributed by atoms with van der Waals surface area (Å²) in [5.41, 5.74) is 4.18. The van der Waals surface area contributed by atoms with Gasteiger partial charge in [-0.05, 0) is 72.6 Å². The van der Waals surface area contributed by atoms with Gasteiger partial charge in [0.2, 0.25) is 0 Å². The number of carbonyl (C=O) groups is 1. The molecule has 1 amide bonds. The van der Waals surface area contributed by atoms with Crippen molar-refractivity contribution in [3.8, 4) is 23.0 Å². The summed E-state index contributed by atoms with van der Waals surface area (Å²) in [5.74, 6) is 2.09. The Morgan fingerprint density at radius 3 is 2.36 bits per heavy atom. The maximum atomic E-state index is 12.0. The molecule has 0 saturated carbocycles. The lowest BCUT2D eigenvalue weighted by Gasteiger charge is -2.12. The van der Waals surface area contributed by atoms with Crippen LogP contribution in [0.5, 0.6) is 23.0 Å². The van der Waals surface area contributed by atoms with Crippen molar-refractivity contribution in [3.63, 3.8) is 0 Å². The second kappa shape index (κ2) is 12.4. The van der Waals surface area contributed by atoms with E-state index in [0.717, 1.165) is 11.1 Å². The van der Waals surface area contributed by atoms with Crippen LogP contribution < -0.4 is 24.4 Å². The minimum atomic E-state index is -0.380. The van der Waals surface area contributed by atoms with Crippen LogP contribution in [0, 0.1) is 0 Å². The van der Waals surface area contributed by atoms with E-state index in [1.165, 1.54) is 6.21 Å². The van der Waals surface area contributed by atoms with E-state index < -0.39 is 0 Å². The van der Waals surface area contributed by atoms with E-state index in [2.05, 4.69) is 10.5 Å². The van der Waals surface area contributed by atoms with Gasteiger partial charge in [0.25, 0.3) is 5.91 Å². The number of carbonyl (C=O) groups excluding carboxylic acids is 1. The molecule has 0 fully saturated rings. The molecule has 0 aliphatic rings. The summed E-state index contributed by atoms with van der Waals surface area (Å²) < 4.78 is 22.1. The van der Waals surface area contributed by atoms with E-state index in [0.29, 0.717) is 41.2 Å². The zero-order chi connectivity index (χ0) is 23.5. The predicted molar refractivity (Wildman–Crippen MR) is 128 cm³/mol. The van der Waals surface area contributed by atoms with E-state index in [-0.39, 0.29) is 12.5 Å². The van der Waals surface area contributed by atoms with Gasteiger partial charge in [-0.2, -0.15) is 5.10 Å². The topological polar surface area (TPSA) is 78.4 Å². The maximum Gasteiger partial charge on any atom is 0.277 e. The van der Waals surface area contributed by atoms with E-state index in [9.17, 15) is 4.79 Å². The normalized spacial score (nSPS) is 10.6. The molecule has 0 atom stereocenters. The number of benzene rings is 3. The molecule has 0 aromatic heterocycles. The number of ether oxygens (including phenoxy) is 4. The van der Waals surface area contributed by atoms with Crippen LogP contribution in [0.15, 0.2) is 71.8 Å². The molecular weight excluding hydrogens is 444 g/mol. The van der Waals surface area contributed by atoms with Gasteiger partial charge in [0.1, 0.15) is 18.1 Å². The second-order valence-corrected chi connectivity index (χ2v) is 7.25. The molecule has 3 rings (SSSR count). The molecule has 0 radical (unpaired) electrons. The minimum absolute atomic E-state index is 0.161. The van der Waals surface area contributed by atoms with Crippen LogP contribution in [0.1, 0.15) is 18.1 Å². The van der Waals surface area contributed by atoms with Crippen molar-refractivity contribution in [2.75, 3.05) is 20.3 Å². The fraction of sp³-hybridized carbons (Fsp3) is 0.200. The van der Waals surface area contributed by atoms with E-state index in [1.54, 1.807) is 43.5 Å². The molecule has 7 nitrogen and oxygen atoms in total. The zero-order valence-electron chi connectivity index (χ0n) is 18.4. The average molecular weight is 469 g/mol. The highest BCUT2D eigenvalue weighted by Gasteiger charge is 2.07. The molecule has 3 aromatic rings. The highest BCUT2D eigenvalue weighted by atomic mass is 35.5. The third kappa shape index (κ3) is 7.73. The first kappa shape index (κ1) is 23.9. The van der Waals surface area contributed by atoms with Gasteiger partial charge in [0, 0.05) is 5.02 Å². The molecule has 0 unspecified atom stereocenters. The Morgan fingerprint density at radius 1 is 0.939 bits per heavy atom. The number of hydrogen-bond acceptors (Lipinski definition) is 6. The van der Waals surface area contributed by atoms with Crippen molar-refractivity contribution in [3.05, 3.63) is 82.9 Å². The zero-order valence-corrected chi connectivity index (χ0v) is 19.2. The highest BCUT2D eigenvalue weighted by Crippen LogP contribution is 2.29. The van der Waals surface area contributed by atoms with Crippen LogP contribution >= 0.6 is 11.6 Å². The Hall–Kier alpha value is -3.71. The van der Waals surface area contributed by atoms with Crippen LogP contribution in [0.25, 0.3) is 0 Å². The summed E-state index contributed by atoms with van der Waals surface area (Å²) in [4.78, 5) is 12.0. The van der Waals surface area contributed by atoms with Crippen molar-refractivity contribution in [1.82, 2.24) is 5.43 Å². The number of methoxy groups -OCH3 is 1. The number of nitrogens with one attached hydrogen (secondary N) is 1. The molecule has 0 aliphatic heterocycles. The Morgan fingerprint density at radius 2 is 1.67 bits per heavy atom. The molecule has 3 aromatic carbocycles. The highest BCUT2D eigenvalue weighted by molar-refractivity contribution is 6.30. The smallest absolute Gasteiger partial charge is 0.277 e. The molecule has 0 bridgehead atoms. The van der Waals surface area contributed by atoms with E-state index in [1.807, 2.05) is 37.3 Å². The average Bonchev–Trinajstić information content (AvgIpc) is 2.84. The van der Waals surface area contributed by atoms with Gasteiger partial charge in [-0.1, -0.05) is 23.7 Å². The molecule has 33 heavy (non-hydrogen) atoms. The van der Waals surface area contributed by atoms with Crippen LogP contribution in [-0.2, 0) is 11.4 Å². The summed E-state index contributed by atoms with van der Waals surface area (Å²) >= 11 is 5.92. The summed E-state index contributed by atoms with van der Waals surface area (Å²) in [6.45, 7) is 2.60. The molecule has 0 spiro atoms. The van der Waals surface area contributed by atoms with Crippen molar-refractivity contribution in [2.45, 2.75) is 13.5 Å². The Kier molecular flexibility index (Phi) is 8.97. The Labute approximate surface area is 197 Å². The van der Waals surface area contributed by atoms with Gasteiger partial charge in [-0.15, -0.1) is 0 Å². The van der Waals surface area contributed by atoms with Crippen molar-refractivity contribution in [2.24, 2.45) is 5.10 Å². The first-order valence-electron chi connectivity index (χ1n) is 10.3. The largest absolute Gasteiger partial charge is 0.497 e. The van der Waals surface area contributed by atoms with E-state index in [4.69, 9.17) is 30.5 Å². The van der Waals surface area contributed by atoms with Gasteiger partial charge >= 0.3 is 0 Å². The molecular formula is C25H25ClN2O5. The van der Waals surface area contributed by atoms with Gasteiger partial charge in [-0.3, -0.25) is 4.79 Å². The summed E-state index contributed by atoms with van der Waals surface area (Å²) in [6, 6.07) is 19.8. The fourth-order valence-corrected chi connectivity index (χ4v) is 2.89. The second-order valence-electron chi connectivity index (χ2n) is 6.81. The van der Waals surface area contributed by atoms with Gasteiger partial charge < -0.3 is 18.9 Å². The lowest BCUT2D eigenvalue weighted by atomic mass is 10.2. The lowest BCUT2D eigenvalue weighted by molar-refractivity contribution is -0.123. The van der Waals surface area contributed by atoms with Gasteiger partial charge in [0.15, 0.2) is 18.1 Å². The molecule has 0 heterocycles. The third-order valence-electron chi connectivity index (χ3n) is 4.41. The van der Waals surface area contributed by atoms with Crippen LogP contribution in [0.2, 0.25) is 5.02 Å². The first-order valence-corrected chi connectivity index (χ1v) is 10.7. The monoisotopic (exact) mass is 468 g/mol. The minimum Gasteiger partial charge on any atom is -0.497 e. The van der Waals surface area contributed by atoms with Crippen LogP contribution in [0.4, 0.5) is 0 Å². The molecule has 172 valence electrons. The summed E-state index contributed by atoms with van der Waals surface area (Å²) in [6.07, 6.45) is 1.52. The van der Waals surface area contributed by atoms with Crippen LogP contribution in [0.3, 0.4) is 0 Å². The molecule has 1 N–H and O–H groups in total. The van der Waals surface area contributed by atoms with Gasteiger partial charge in [-0.25, -0.2) is 5.43 Å². The number of hydrazone groups is 1. The maximum absolute atomic E-state index is 12.0. The summed E-state index contributed by atoms with van der Waals surface area (Å²) in [5, 5.41) is 4.66. The Balaban J connectivity index is 1.52. The first-order chi connectivity index (χ1) is 16.1. The number of rotatable bonds is 11. The number of halogens is 1. The Bertz CT molecular complexity index is 1070. The number of hydrogen-bond donors (Lipinski definition) is 1. The summed E-state index contributed by atoms with van der Waals surface area (Å²) in [7, 11) is 1.58. The molecule has 8 heteroatoms. The lowest BCUT2D eigenvalue weighted by Crippen LogP contribution is -2.24. The van der Waals surface area contributed by atoms with Crippen molar-refractivity contribution >= 4 is 23.7 Å². The molecule has 0 saturated heterocycles. The third-order valence-corrected chi connectivity index (χ3v) is 4.66. The standard InChI is InChI=1S/C25H25ClN2O5/c1-3-31-24-14-19(6-13-23(24)33-16-18-4-7-20(26)8-5-18)15-27-28-25(29)17-32-22-11-9-21(30-2)10-12-22/h4-15H,3,16-17H2,1-2H3,(H,28,29)/b27-15-.